The van der Waals surface area contributed by atoms with Crippen LogP contribution in [0, 0.1) is 0 Å². The fourth-order valence-electron chi connectivity index (χ4n) is 1.70. The smallest absolute Gasteiger partial charge is 0.256 e. The maximum absolute atomic E-state index is 12.6. The highest BCUT2D eigenvalue weighted by Crippen LogP contribution is 2.27. The van der Waals surface area contributed by atoms with Crippen LogP contribution in [0.2, 0.25) is 0 Å². The molecule has 2 heterocycles. The van der Waals surface area contributed by atoms with Crippen LogP contribution in [0.4, 0.5) is 8.78 Å². The lowest BCUT2D eigenvalue weighted by atomic mass is 10.4. The van der Waals surface area contributed by atoms with Crippen molar-refractivity contribution in [1.29, 1.82) is 0 Å². The first-order valence-corrected chi connectivity index (χ1v) is 5.65. The van der Waals surface area contributed by atoms with Gasteiger partial charge in [-0.1, -0.05) is 0 Å². The Morgan fingerprint density at radius 2 is 2.17 bits per heavy atom. The van der Waals surface area contributed by atoms with Crippen molar-refractivity contribution < 1.29 is 13.5 Å². The standard InChI is InChI=1S/C10H11ClF2N4O/c1-5(11)8-16-7-9(17(8)3-6(12)13)14-4-15-10(7)18-2/h4-6H,3H2,1-2H3. The van der Waals surface area contributed by atoms with Crippen LogP contribution in [0.5, 0.6) is 5.88 Å². The first kappa shape index (κ1) is 12.9. The van der Waals surface area contributed by atoms with Crippen molar-refractivity contribution in [3.63, 3.8) is 0 Å². The summed E-state index contributed by atoms with van der Waals surface area (Å²) in [6, 6.07) is 0. The lowest BCUT2D eigenvalue weighted by Gasteiger charge is -2.08. The Hall–Kier alpha value is -1.50. The summed E-state index contributed by atoms with van der Waals surface area (Å²) in [5, 5.41) is -0.511. The average Bonchev–Trinajstić information content (AvgIpc) is 2.67. The van der Waals surface area contributed by atoms with E-state index in [0.29, 0.717) is 17.0 Å². The average molecular weight is 277 g/mol. The summed E-state index contributed by atoms with van der Waals surface area (Å²) in [5.74, 6) is 0.567. The van der Waals surface area contributed by atoms with Gasteiger partial charge < -0.3 is 9.30 Å². The number of hydrogen-bond acceptors (Lipinski definition) is 4. The molecule has 0 aromatic carbocycles. The number of halogens is 3. The lowest BCUT2D eigenvalue weighted by Crippen LogP contribution is -2.11. The molecule has 1 atom stereocenters. The minimum Gasteiger partial charge on any atom is -0.479 e. The molecule has 2 aromatic rings. The molecule has 2 rings (SSSR count). The maximum Gasteiger partial charge on any atom is 0.256 e. The Bertz CT molecular complexity index is 558. The highest BCUT2D eigenvalue weighted by Gasteiger charge is 2.21. The van der Waals surface area contributed by atoms with Crippen molar-refractivity contribution in [2.24, 2.45) is 0 Å². The van der Waals surface area contributed by atoms with E-state index in [1.807, 2.05) is 0 Å². The molecule has 0 aliphatic carbocycles. The Morgan fingerprint density at radius 1 is 1.44 bits per heavy atom. The van der Waals surface area contributed by atoms with Gasteiger partial charge >= 0.3 is 0 Å². The number of imidazole rings is 1. The lowest BCUT2D eigenvalue weighted by molar-refractivity contribution is 0.126. The van der Waals surface area contributed by atoms with E-state index in [9.17, 15) is 8.78 Å². The second-order valence-electron chi connectivity index (χ2n) is 3.64. The van der Waals surface area contributed by atoms with Gasteiger partial charge in [0.15, 0.2) is 11.2 Å². The summed E-state index contributed by atoms with van der Waals surface area (Å²) in [6.07, 6.45) is -1.27. The topological polar surface area (TPSA) is 52.8 Å². The number of rotatable bonds is 4. The molecule has 0 fully saturated rings. The molecule has 8 heteroatoms. The number of ether oxygens (including phenoxy) is 1. The minimum atomic E-state index is -2.52. The van der Waals surface area contributed by atoms with Gasteiger partial charge in [-0.2, -0.15) is 4.98 Å². The molecule has 5 nitrogen and oxygen atoms in total. The van der Waals surface area contributed by atoms with Crippen molar-refractivity contribution in [3.05, 3.63) is 12.2 Å². The third kappa shape index (κ3) is 2.22. The summed E-state index contributed by atoms with van der Waals surface area (Å²) >= 11 is 5.94. The fraction of sp³-hybridized carbons (Fsp3) is 0.500. The molecule has 0 saturated heterocycles. The number of hydrogen-bond donors (Lipinski definition) is 0. The molecule has 0 N–H and O–H groups in total. The normalized spacial score (nSPS) is 13.2. The second-order valence-corrected chi connectivity index (χ2v) is 4.30. The number of aromatic nitrogens is 4. The van der Waals surface area contributed by atoms with Crippen LogP contribution in [0.25, 0.3) is 11.2 Å². The van der Waals surface area contributed by atoms with Crippen molar-refractivity contribution in [2.45, 2.75) is 25.3 Å². The van der Waals surface area contributed by atoms with Crippen LogP contribution in [-0.4, -0.2) is 33.1 Å². The molecular weight excluding hydrogens is 266 g/mol. The highest BCUT2D eigenvalue weighted by molar-refractivity contribution is 6.20. The maximum atomic E-state index is 12.6. The predicted octanol–water partition coefficient (Wildman–Crippen LogP) is 2.40. The number of methoxy groups -OCH3 is 1. The first-order chi connectivity index (χ1) is 8.54. The summed E-state index contributed by atoms with van der Waals surface area (Å²) in [4.78, 5) is 12.0. The molecule has 2 aromatic heterocycles. The van der Waals surface area contributed by atoms with Crippen LogP contribution in [0.3, 0.4) is 0 Å². The molecule has 0 saturated carbocycles. The largest absolute Gasteiger partial charge is 0.479 e. The van der Waals surface area contributed by atoms with Crippen molar-refractivity contribution >= 4 is 22.8 Å². The zero-order valence-electron chi connectivity index (χ0n) is 9.77. The molecule has 0 aliphatic rings. The van der Waals surface area contributed by atoms with Crippen molar-refractivity contribution in [1.82, 2.24) is 19.5 Å². The van der Waals surface area contributed by atoms with E-state index in [0.717, 1.165) is 0 Å². The minimum absolute atomic E-state index is 0.242. The van der Waals surface area contributed by atoms with Crippen LogP contribution < -0.4 is 4.74 Å². The van der Waals surface area contributed by atoms with E-state index in [-0.39, 0.29) is 5.88 Å². The summed E-state index contributed by atoms with van der Waals surface area (Å²) in [7, 11) is 1.43. The number of alkyl halides is 3. The van der Waals surface area contributed by atoms with Gasteiger partial charge in [0.25, 0.3) is 6.43 Å². The zero-order chi connectivity index (χ0) is 13.3. The van der Waals surface area contributed by atoms with Gasteiger partial charge in [0.05, 0.1) is 19.0 Å². The predicted molar refractivity (Wildman–Crippen MR) is 62.1 cm³/mol. The van der Waals surface area contributed by atoms with Crippen molar-refractivity contribution in [3.8, 4) is 5.88 Å². The van der Waals surface area contributed by atoms with Crippen LogP contribution >= 0.6 is 11.6 Å². The molecule has 1 unspecified atom stereocenters. The summed E-state index contributed by atoms with van der Waals surface area (Å²) in [6.45, 7) is 1.15. The molecular formula is C10H11ClF2N4O. The second kappa shape index (κ2) is 5.01. The number of nitrogens with zero attached hydrogens (tertiary/aromatic N) is 4. The molecule has 0 bridgehead atoms. The van der Waals surface area contributed by atoms with E-state index in [2.05, 4.69) is 15.0 Å². The van der Waals surface area contributed by atoms with E-state index in [1.165, 1.54) is 18.0 Å². The quantitative estimate of drug-likeness (QED) is 0.805. The Labute approximate surface area is 107 Å². The first-order valence-electron chi connectivity index (χ1n) is 5.22. The fourth-order valence-corrected chi connectivity index (χ4v) is 1.87. The van der Waals surface area contributed by atoms with Gasteiger partial charge in [0.2, 0.25) is 5.88 Å². The highest BCUT2D eigenvalue weighted by atomic mass is 35.5. The van der Waals surface area contributed by atoms with Gasteiger partial charge in [-0.05, 0) is 6.92 Å². The Kier molecular flexibility index (Phi) is 3.60. The molecule has 0 aliphatic heterocycles. The third-order valence-corrected chi connectivity index (χ3v) is 2.59. The van der Waals surface area contributed by atoms with E-state index in [1.54, 1.807) is 6.92 Å². The summed E-state index contributed by atoms with van der Waals surface area (Å²) in [5.41, 5.74) is 0.632. The monoisotopic (exact) mass is 276 g/mol. The van der Waals surface area contributed by atoms with E-state index >= 15 is 0 Å². The SMILES string of the molecule is COc1ncnc2c1nc(C(C)Cl)n2CC(F)F. The zero-order valence-corrected chi connectivity index (χ0v) is 10.5. The van der Waals surface area contributed by atoms with Crippen LogP contribution in [0.15, 0.2) is 6.33 Å². The Balaban J connectivity index is 2.67. The van der Waals surface area contributed by atoms with Crippen LogP contribution in [0.1, 0.15) is 18.1 Å². The molecule has 0 amide bonds. The van der Waals surface area contributed by atoms with E-state index in [4.69, 9.17) is 16.3 Å². The van der Waals surface area contributed by atoms with Gasteiger partial charge in [-0.15, -0.1) is 11.6 Å². The molecule has 98 valence electrons. The van der Waals surface area contributed by atoms with Gasteiger partial charge in [0.1, 0.15) is 12.2 Å². The number of fused-ring (bicyclic) bond motifs is 1. The Morgan fingerprint density at radius 3 is 2.72 bits per heavy atom. The van der Waals surface area contributed by atoms with Crippen molar-refractivity contribution in [2.75, 3.05) is 7.11 Å². The molecule has 0 spiro atoms. The molecule has 18 heavy (non-hydrogen) atoms. The van der Waals surface area contributed by atoms with Gasteiger partial charge in [-0.3, -0.25) is 0 Å². The van der Waals surface area contributed by atoms with Gasteiger partial charge in [-0.25, -0.2) is 18.7 Å². The molecule has 0 radical (unpaired) electrons. The third-order valence-electron chi connectivity index (χ3n) is 2.40. The van der Waals surface area contributed by atoms with Crippen LogP contribution in [-0.2, 0) is 6.54 Å². The van der Waals surface area contributed by atoms with Gasteiger partial charge in [0, 0.05) is 0 Å². The van der Waals surface area contributed by atoms with E-state index < -0.39 is 18.3 Å². The summed E-state index contributed by atoms with van der Waals surface area (Å²) < 4.78 is 31.5.